The molecule has 0 aliphatic rings. The monoisotopic (exact) mass is 278 g/mol. The molecule has 0 heterocycles. The summed E-state index contributed by atoms with van der Waals surface area (Å²) in [7, 11) is 0. The third-order valence-electron chi connectivity index (χ3n) is 3.04. The Morgan fingerprint density at radius 1 is 1.30 bits per heavy atom. The van der Waals surface area contributed by atoms with Gasteiger partial charge in [0.1, 0.15) is 0 Å². The summed E-state index contributed by atoms with van der Waals surface area (Å²) >= 11 is 0. The molecule has 4 N–H and O–H groups in total. The number of aryl methyl sites for hydroxylation is 1. The minimum Gasteiger partial charge on any atom is -0.481 e. The Kier molecular flexibility index (Phi) is 6.56. The van der Waals surface area contributed by atoms with Crippen molar-refractivity contribution in [1.29, 1.82) is 0 Å². The molecule has 1 unspecified atom stereocenters. The van der Waals surface area contributed by atoms with E-state index in [0.717, 1.165) is 12.0 Å². The number of nitrogens with one attached hydrogen (secondary N) is 1. The lowest BCUT2D eigenvalue weighted by Gasteiger charge is -2.16. The maximum atomic E-state index is 11.8. The van der Waals surface area contributed by atoms with Crippen LogP contribution in [0.1, 0.15) is 38.2 Å². The molecule has 0 radical (unpaired) electrons. The average Bonchev–Trinajstić information content (AvgIpc) is 2.37. The van der Waals surface area contributed by atoms with E-state index in [4.69, 9.17) is 10.8 Å². The molecule has 20 heavy (non-hydrogen) atoms. The van der Waals surface area contributed by atoms with Crippen molar-refractivity contribution >= 4 is 17.6 Å². The molecule has 0 aliphatic carbocycles. The van der Waals surface area contributed by atoms with Gasteiger partial charge in [0.25, 0.3) is 0 Å². The summed E-state index contributed by atoms with van der Waals surface area (Å²) in [5.41, 5.74) is 7.33. The van der Waals surface area contributed by atoms with Gasteiger partial charge in [-0.25, -0.2) is 0 Å². The van der Waals surface area contributed by atoms with E-state index in [1.165, 1.54) is 0 Å². The fraction of sp³-hybridized carbons (Fsp3) is 0.467. The normalized spacial score (nSPS) is 11.8. The molecule has 1 rings (SSSR count). The lowest BCUT2D eigenvalue weighted by atomic mass is 10.1. The van der Waals surface area contributed by atoms with Crippen LogP contribution in [0.5, 0.6) is 0 Å². The minimum atomic E-state index is -0.887. The Hall–Kier alpha value is -2.04. The van der Waals surface area contributed by atoms with E-state index in [9.17, 15) is 9.59 Å². The van der Waals surface area contributed by atoms with Crippen LogP contribution < -0.4 is 11.1 Å². The number of aliphatic carboxylic acids is 1. The predicted octanol–water partition coefficient (Wildman–Crippen LogP) is 1.96. The highest BCUT2D eigenvalue weighted by Crippen LogP contribution is 2.08. The van der Waals surface area contributed by atoms with Crippen molar-refractivity contribution in [3.8, 4) is 0 Å². The van der Waals surface area contributed by atoms with Crippen LogP contribution in [0, 0.1) is 0 Å². The SMILES string of the molecule is CCCC(CC(=O)O)NC(=O)CCc1ccc(N)cc1. The second kappa shape index (κ2) is 8.19. The van der Waals surface area contributed by atoms with Gasteiger partial charge in [0.05, 0.1) is 6.42 Å². The number of carboxylic acids is 1. The molecule has 0 fully saturated rings. The molecular weight excluding hydrogens is 256 g/mol. The first-order valence-corrected chi connectivity index (χ1v) is 6.86. The number of anilines is 1. The molecule has 1 amide bonds. The zero-order valence-corrected chi connectivity index (χ0v) is 11.8. The van der Waals surface area contributed by atoms with Crippen molar-refractivity contribution in [2.75, 3.05) is 5.73 Å². The van der Waals surface area contributed by atoms with Crippen molar-refractivity contribution in [2.24, 2.45) is 0 Å². The van der Waals surface area contributed by atoms with Gasteiger partial charge in [-0.05, 0) is 30.5 Å². The minimum absolute atomic E-state index is 0.0263. The number of rotatable bonds is 8. The van der Waals surface area contributed by atoms with Gasteiger partial charge >= 0.3 is 5.97 Å². The highest BCUT2D eigenvalue weighted by molar-refractivity contribution is 5.77. The number of carbonyl (C=O) groups is 2. The first-order chi connectivity index (χ1) is 9.51. The lowest BCUT2D eigenvalue weighted by molar-refractivity contribution is -0.137. The highest BCUT2D eigenvalue weighted by atomic mass is 16.4. The largest absolute Gasteiger partial charge is 0.481 e. The summed E-state index contributed by atoms with van der Waals surface area (Å²) in [5.74, 6) is -0.996. The van der Waals surface area contributed by atoms with Crippen LogP contribution in [-0.4, -0.2) is 23.0 Å². The number of carbonyl (C=O) groups excluding carboxylic acids is 1. The topological polar surface area (TPSA) is 92.4 Å². The van der Waals surface area contributed by atoms with E-state index in [1.807, 2.05) is 19.1 Å². The van der Waals surface area contributed by atoms with Crippen LogP contribution in [0.15, 0.2) is 24.3 Å². The van der Waals surface area contributed by atoms with Gasteiger partial charge in [-0.3, -0.25) is 9.59 Å². The number of hydrogen-bond acceptors (Lipinski definition) is 3. The van der Waals surface area contributed by atoms with Gasteiger partial charge in [-0.1, -0.05) is 25.5 Å². The molecule has 1 atom stereocenters. The maximum absolute atomic E-state index is 11.8. The van der Waals surface area contributed by atoms with E-state index in [-0.39, 0.29) is 18.4 Å². The Balaban J connectivity index is 2.41. The fourth-order valence-electron chi connectivity index (χ4n) is 2.03. The predicted molar refractivity (Wildman–Crippen MR) is 78.3 cm³/mol. The summed E-state index contributed by atoms with van der Waals surface area (Å²) in [6.45, 7) is 1.97. The summed E-state index contributed by atoms with van der Waals surface area (Å²) in [5, 5.41) is 11.6. The van der Waals surface area contributed by atoms with Crippen LogP contribution in [0.2, 0.25) is 0 Å². The van der Waals surface area contributed by atoms with Crippen LogP contribution in [0.4, 0.5) is 5.69 Å². The molecule has 1 aromatic carbocycles. The van der Waals surface area contributed by atoms with Gasteiger partial charge in [-0.2, -0.15) is 0 Å². The smallest absolute Gasteiger partial charge is 0.305 e. The summed E-state index contributed by atoms with van der Waals surface area (Å²) < 4.78 is 0. The second-order valence-electron chi connectivity index (χ2n) is 4.89. The van der Waals surface area contributed by atoms with Crippen molar-refractivity contribution in [2.45, 2.75) is 45.1 Å². The molecular formula is C15H22N2O3. The molecule has 0 aromatic heterocycles. The van der Waals surface area contributed by atoms with Crippen LogP contribution >= 0.6 is 0 Å². The lowest BCUT2D eigenvalue weighted by Crippen LogP contribution is -2.36. The Morgan fingerprint density at radius 3 is 2.50 bits per heavy atom. The van der Waals surface area contributed by atoms with Gasteiger partial charge in [0.15, 0.2) is 0 Å². The molecule has 5 heteroatoms. The first kappa shape index (κ1) is 16.0. The van der Waals surface area contributed by atoms with Crippen molar-refractivity contribution in [3.05, 3.63) is 29.8 Å². The van der Waals surface area contributed by atoms with Gasteiger partial charge in [-0.15, -0.1) is 0 Å². The molecule has 0 bridgehead atoms. The third kappa shape index (κ3) is 6.22. The molecule has 110 valence electrons. The standard InChI is InChI=1S/C15H22N2O3/c1-2-3-13(10-15(19)20)17-14(18)9-6-11-4-7-12(16)8-5-11/h4-5,7-8,13H,2-3,6,9-10,16H2,1H3,(H,17,18)(H,19,20). The van der Waals surface area contributed by atoms with E-state index in [1.54, 1.807) is 12.1 Å². The Morgan fingerprint density at radius 2 is 1.95 bits per heavy atom. The average molecular weight is 278 g/mol. The molecule has 0 saturated carbocycles. The highest BCUT2D eigenvalue weighted by Gasteiger charge is 2.14. The van der Waals surface area contributed by atoms with E-state index < -0.39 is 5.97 Å². The first-order valence-electron chi connectivity index (χ1n) is 6.86. The summed E-state index contributed by atoms with van der Waals surface area (Å²) in [4.78, 5) is 22.5. The zero-order valence-electron chi connectivity index (χ0n) is 11.8. The number of benzene rings is 1. The number of nitrogens with two attached hydrogens (primary N) is 1. The molecule has 1 aromatic rings. The van der Waals surface area contributed by atoms with E-state index in [0.29, 0.717) is 24.9 Å². The van der Waals surface area contributed by atoms with Gasteiger partial charge in [0.2, 0.25) is 5.91 Å². The number of hydrogen-bond donors (Lipinski definition) is 3. The number of nitrogen functional groups attached to an aromatic ring is 1. The number of carboxylic acid groups (broad SMARTS) is 1. The van der Waals surface area contributed by atoms with Crippen molar-refractivity contribution in [1.82, 2.24) is 5.32 Å². The zero-order chi connectivity index (χ0) is 15.0. The summed E-state index contributed by atoms with van der Waals surface area (Å²) in [6, 6.07) is 7.11. The van der Waals surface area contributed by atoms with Crippen molar-refractivity contribution < 1.29 is 14.7 Å². The van der Waals surface area contributed by atoms with Crippen LogP contribution in [0.3, 0.4) is 0 Å². The van der Waals surface area contributed by atoms with E-state index >= 15 is 0 Å². The summed E-state index contributed by atoms with van der Waals surface area (Å²) in [6.07, 6.45) is 2.47. The molecule has 0 spiro atoms. The Bertz CT molecular complexity index is 443. The van der Waals surface area contributed by atoms with Crippen LogP contribution in [-0.2, 0) is 16.0 Å². The Labute approximate surface area is 119 Å². The maximum Gasteiger partial charge on any atom is 0.305 e. The number of amides is 1. The quantitative estimate of drug-likeness (QED) is 0.634. The fourth-order valence-corrected chi connectivity index (χ4v) is 2.03. The van der Waals surface area contributed by atoms with Gasteiger partial charge in [0, 0.05) is 18.2 Å². The molecule has 0 saturated heterocycles. The van der Waals surface area contributed by atoms with E-state index in [2.05, 4.69) is 5.32 Å². The molecule has 5 nitrogen and oxygen atoms in total. The third-order valence-corrected chi connectivity index (χ3v) is 3.04. The van der Waals surface area contributed by atoms with Crippen LogP contribution in [0.25, 0.3) is 0 Å². The second-order valence-corrected chi connectivity index (χ2v) is 4.89. The van der Waals surface area contributed by atoms with Crippen molar-refractivity contribution in [3.63, 3.8) is 0 Å². The van der Waals surface area contributed by atoms with Gasteiger partial charge < -0.3 is 16.2 Å². The molecule has 0 aliphatic heterocycles.